The molecule has 0 aliphatic heterocycles. The molecule has 164 valence electrons. The number of ether oxygens (including phenoxy) is 5. The van der Waals surface area contributed by atoms with Crippen LogP contribution in [-0.2, 0) is 25.4 Å². The van der Waals surface area contributed by atoms with Gasteiger partial charge < -0.3 is 23.7 Å². The molecule has 0 fully saturated rings. The first-order chi connectivity index (χ1) is 14.5. The van der Waals surface area contributed by atoms with Crippen molar-refractivity contribution in [1.82, 2.24) is 0 Å². The third-order valence-electron chi connectivity index (χ3n) is 3.82. The van der Waals surface area contributed by atoms with Crippen molar-refractivity contribution >= 4 is 11.8 Å². The van der Waals surface area contributed by atoms with Crippen LogP contribution in [0.25, 0.3) is 0 Å². The Labute approximate surface area is 177 Å². The van der Waals surface area contributed by atoms with Gasteiger partial charge >= 0.3 is 5.97 Å². The normalized spacial score (nSPS) is 11.7. The quantitative estimate of drug-likeness (QED) is 0.184. The van der Waals surface area contributed by atoms with E-state index in [9.17, 15) is 9.59 Å². The molecule has 0 N–H and O–H groups in total. The average molecular weight is 418 g/mol. The largest absolute Gasteiger partial charge is 0.467 e. The average Bonchev–Trinajstić information content (AvgIpc) is 2.70. The number of hydrogen-bond acceptors (Lipinski definition) is 7. The highest BCUT2D eigenvalue weighted by Gasteiger charge is 2.24. The summed E-state index contributed by atoms with van der Waals surface area (Å²) < 4.78 is 26.5. The lowest BCUT2D eigenvalue weighted by Crippen LogP contribution is -2.19. The Balaban J connectivity index is 3.36. The monoisotopic (exact) mass is 418 g/mol. The number of esters is 1. The van der Waals surface area contributed by atoms with Gasteiger partial charge in [-0.3, -0.25) is 4.79 Å². The van der Waals surface area contributed by atoms with Crippen LogP contribution >= 0.6 is 0 Å². The molecule has 0 aromatic heterocycles. The summed E-state index contributed by atoms with van der Waals surface area (Å²) in [6.07, 6.45) is 7.14. The van der Waals surface area contributed by atoms with E-state index in [1.807, 2.05) is 0 Å². The molecule has 7 heteroatoms. The van der Waals surface area contributed by atoms with Gasteiger partial charge in [-0.2, -0.15) is 0 Å². The summed E-state index contributed by atoms with van der Waals surface area (Å²) in [5.41, 5.74) is 0.567. The van der Waals surface area contributed by atoms with Crippen LogP contribution in [0.1, 0.15) is 35.7 Å². The van der Waals surface area contributed by atoms with Crippen LogP contribution in [0.2, 0.25) is 0 Å². The summed E-state index contributed by atoms with van der Waals surface area (Å²) in [5, 5.41) is 0. The molecule has 1 rings (SSSR count). The molecule has 0 heterocycles. The molecule has 1 unspecified atom stereocenters. The van der Waals surface area contributed by atoms with Crippen LogP contribution in [0, 0.1) is 0 Å². The highest BCUT2D eigenvalue weighted by Crippen LogP contribution is 2.31. The number of ketones is 1. The zero-order valence-electron chi connectivity index (χ0n) is 17.8. The number of allylic oxidation sites excluding steroid dienone is 3. The summed E-state index contributed by atoms with van der Waals surface area (Å²) in [5.74, 6) is -0.214. The number of methoxy groups -OCH3 is 2. The minimum Gasteiger partial charge on any atom is -0.467 e. The lowest BCUT2D eigenvalue weighted by atomic mass is 10.00. The van der Waals surface area contributed by atoms with Crippen molar-refractivity contribution in [3.05, 3.63) is 60.7 Å². The molecule has 1 atom stereocenters. The highest BCUT2D eigenvalue weighted by molar-refractivity contribution is 5.98. The molecule has 0 amide bonds. The maximum atomic E-state index is 12.9. The molecule has 0 aliphatic carbocycles. The SMILES string of the molecule is C=CC/C=C/C(=O)Cc1cc(OCOC)cc(OCOC)c1C(=O)OC(C)CC=C. The predicted molar refractivity (Wildman–Crippen MR) is 114 cm³/mol. The number of carbonyl (C=O) groups is 2. The highest BCUT2D eigenvalue weighted by atomic mass is 16.7. The van der Waals surface area contributed by atoms with Crippen molar-refractivity contribution in [2.45, 2.75) is 32.3 Å². The van der Waals surface area contributed by atoms with E-state index in [0.717, 1.165) is 0 Å². The molecule has 7 nitrogen and oxygen atoms in total. The van der Waals surface area contributed by atoms with Gasteiger partial charge in [-0.1, -0.05) is 18.2 Å². The van der Waals surface area contributed by atoms with E-state index >= 15 is 0 Å². The second kappa shape index (κ2) is 14.1. The second-order valence-electron chi connectivity index (χ2n) is 6.37. The van der Waals surface area contributed by atoms with Gasteiger partial charge in [-0.25, -0.2) is 4.79 Å². The van der Waals surface area contributed by atoms with Crippen molar-refractivity contribution in [3.63, 3.8) is 0 Å². The van der Waals surface area contributed by atoms with E-state index in [-0.39, 0.29) is 43.2 Å². The Bertz CT molecular complexity index is 752. The van der Waals surface area contributed by atoms with Crippen LogP contribution in [0.3, 0.4) is 0 Å². The predicted octanol–water partition coefficient (Wildman–Crippen LogP) is 4.02. The van der Waals surface area contributed by atoms with Crippen molar-refractivity contribution < 1.29 is 33.3 Å². The molecule has 0 saturated carbocycles. The van der Waals surface area contributed by atoms with Crippen LogP contribution in [0.4, 0.5) is 0 Å². The van der Waals surface area contributed by atoms with Gasteiger partial charge in [0.25, 0.3) is 0 Å². The summed E-state index contributed by atoms with van der Waals surface area (Å²) in [7, 11) is 2.95. The number of carbonyl (C=O) groups excluding carboxylic acids is 2. The Morgan fingerprint density at radius 3 is 2.40 bits per heavy atom. The van der Waals surface area contributed by atoms with Crippen LogP contribution in [-0.4, -0.2) is 45.7 Å². The standard InChI is InChI=1S/C23H30O7/c1-6-8-9-11-19(24)12-18-13-20(28-15-26-4)14-21(29-16-27-5)22(18)23(25)30-17(3)10-7-2/h6-7,9,11,13-14,17H,1-2,8,10,12,15-16H2,3-5H3/b11-9+. The van der Waals surface area contributed by atoms with Gasteiger partial charge in [0.2, 0.25) is 0 Å². The molecule has 0 radical (unpaired) electrons. The van der Waals surface area contributed by atoms with Gasteiger partial charge in [-0.15, -0.1) is 13.2 Å². The van der Waals surface area contributed by atoms with E-state index in [4.69, 9.17) is 23.7 Å². The van der Waals surface area contributed by atoms with Crippen LogP contribution in [0.5, 0.6) is 11.5 Å². The minimum absolute atomic E-state index is 0.00347. The molecule has 0 saturated heterocycles. The summed E-state index contributed by atoms with van der Waals surface area (Å²) in [6, 6.07) is 3.14. The van der Waals surface area contributed by atoms with Gasteiger partial charge in [0.15, 0.2) is 19.4 Å². The Hall–Kier alpha value is -2.90. The third kappa shape index (κ3) is 8.63. The molecular weight excluding hydrogens is 388 g/mol. The van der Waals surface area contributed by atoms with Crippen LogP contribution in [0.15, 0.2) is 49.6 Å². The zero-order chi connectivity index (χ0) is 22.4. The topological polar surface area (TPSA) is 80.3 Å². The molecule has 0 spiro atoms. The summed E-state index contributed by atoms with van der Waals surface area (Å²) in [4.78, 5) is 25.3. The van der Waals surface area contributed by atoms with E-state index in [2.05, 4.69) is 13.2 Å². The van der Waals surface area contributed by atoms with Crippen molar-refractivity contribution in [3.8, 4) is 11.5 Å². The fourth-order valence-corrected chi connectivity index (χ4v) is 2.53. The van der Waals surface area contributed by atoms with Gasteiger partial charge in [0.05, 0.1) is 0 Å². The number of rotatable bonds is 15. The Morgan fingerprint density at radius 1 is 1.07 bits per heavy atom. The first kappa shape index (κ1) is 25.1. The van der Waals surface area contributed by atoms with Crippen molar-refractivity contribution in [1.29, 1.82) is 0 Å². The van der Waals surface area contributed by atoms with Gasteiger partial charge in [0, 0.05) is 33.1 Å². The first-order valence-corrected chi connectivity index (χ1v) is 9.49. The van der Waals surface area contributed by atoms with E-state index in [1.54, 1.807) is 31.2 Å². The summed E-state index contributed by atoms with van der Waals surface area (Å²) >= 11 is 0. The molecule has 1 aromatic carbocycles. The maximum absolute atomic E-state index is 12.9. The molecule has 0 aliphatic rings. The number of benzene rings is 1. The van der Waals surface area contributed by atoms with E-state index in [1.165, 1.54) is 26.4 Å². The van der Waals surface area contributed by atoms with Gasteiger partial charge in [-0.05, 0) is 31.1 Å². The van der Waals surface area contributed by atoms with E-state index < -0.39 is 5.97 Å². The van der Waals surface area contributed by atoms with Crippen molar-refractivity contribution in [2.75, 3.05) is 27.8 Å². The van der Waals surface area contributed by atoms with Crippen LogP contribution < -0.4 is 9.47 Å². The maximum Gasteiger partial charge on any atom is 0.342 e. The minimum atomic E-state index is -0.605. The molecule has 30 heavy (non-hydrogen) atoms. The third-order valence-corrected chi connectivity index (χ3v) is 3.82. The second-order valence-corrected chi connectivity index (χ2v) is 6.37. The Morgan fingerprint density at radius 2 is 1.77 bits per heavy atom. The fraction of sp³-hybridized carbons (Fsp3) is 0.391. The fourth-order valence-electron chi connectivity index (χ4n) is 2.53. The Kier molecular flexibility index (Phi) is 11.8. The molecular formula is C23H30O7. The van der Waals surface area contributed by atoms with Gasteiger partial charge in [0.1, 0.15) is 23.2 Å². The summed E-state index contributed by atoms with van der Waals surface area (Å²) in [6.45, 7) is 8.93. The zero-order valence-corrected chi connectivity index (χ0v) is 17.8. The van der Waals surface area contributed by atoms with E-state index in [0.29, 0.717) is 24.2 Å². The number of hydrogen-bond donors (Lipinski definition) is 0. The first-order valence-electron chi connectivity index (χ1n) is 9.49. The molecule has 1 aromatic rings. The van der Waals surface area contributed by atoms with Crippen molar-refractivity contribution in [2.24, 2.45) is 0 Å². The molecule has 0 bridgehead atoms. The smallest absolute Gasteiger partial charge is 0.342 e. The lowest BCUT2D eigenvalue weighted by molar-refractivity contribution is -0.114. The lowest BCUT2D eigenvalue weighted by Gasteiger charge is -2.18.